The van der Waals surface area contributed by atoms with Crippen molar-refractivity contribution in [3.63, 3.8) is 0 Å². The number of Topliss-reactive ketones (excluding diaryl/α,β-unsaturated/α-hetero) is 1. The molecule has 0 bridgehead atoms. The number of hydrogen-bond acceptors (Lipinski definition) is 4. The first kappa shape index (κ1) is 14.2. The first-order valence-electron chi connectivity index (χ1n) is 6.12. The predicted molar refractivity (Wildman–Crippen MR) is 79.2 cm³/mol. The molecule has 2 rings (SSSR count). The van der Waals surface area contributed by atoms with Gasteiger partial charge in [-0.2, -0.15) is 0 Å². The summed E-state index contributed by atoms with van der Waals surface area (Å²) in [5.41, 5.74) is 1.16. The average molecular weight is 289 g/mol. The average Bonchev–Trinajstić information content (AvgIpc) is 2.82. The van der Waals surface area contributed by atoms with Gasteiger partial charge in [0.25, 0.3) is 0 Å². The summed E-state index contributed by atoms with van der Waals surface area (Å²) in [5, 5.41) is 6.41. The topological polar surface area (TPSA) is 71.1 Å². The minimum atomic E-state index is -0.309. The Balaban J connectivity index is 1.91. The van der Waals surface area contributed by atoms with Crippen molar-refractivity contribution in [1.82, 2.24) is 10.3 Å². The standard InChI is InChI=1S/C14H15N3O2S/c1-9(18)11-4-3-5-12(6-11)17-14(19)16-8-13-7-15-10(2)20-13/h3-7H,8H2,1-2H3,(H2,16,17,19). The molecule has 0 fully saturated rings. The lowest BCUT2D eigenvalue weighted by Crippen LogP contribution is -2.27. The van der Waals surface area contributed by atoms with Gasteiger partial charge >= 0.3 is 6.03 Å². The lowest BCUT2D eigenvalue weighted by Gasteiger charge is -2.07. The lowest BCUT2D eigenvalue weighted by atomic mass is 10.1. The Kier molecular flexibility index (Phi) is 4.47. The number of nitrogens with zero attached hydrogens (tertiary/aromatic N) is 1. The normalized spacial score (nSPS) is 10.1. The minimum Gasteiger partial charge on any atom is -0.333 e. The third-order valence-electron chi connectivity index (χ3n) is 2.62. The number of benzene rings is 1. The van der Waals surface area contributed by atoms with Gasteiger partial charge in [0, 0.05) is 22.3 Å². The van der Waals surface area contributed by atoms with Crippen LogP contribution in [0, 0.1) is 6.92 Å². The van der Waals surface area contributed by atoms with Crippen molar-refractivity contribution in [2.45, 2.75) is 20.4 Å². The van der Waals surface area contributed by atoms with E-state index >= 15 is 0 Å². The van der Waals surface area contributed by atoms with Gasteiger partial charge in [-0.3, -0.25) is 4.79 Å². The van der Waals surface area contributed by atoms with Gasteiger partial charge in [0.2, 0.25) is 0 Å². The van der Waals surface area contributed by atoms with Crippen molar-refractivity contribution in [2.24, 2.45) is 0 Å². The Labute approximate surface area is 121 Å². The smallest absolute Gasteiger partial charge is 0.319 e. The molecule has 0 radical (unpaired) electrons. The maximum absolute atomic E-state index is 11.8. The number of rotatable bonds is 4. The summed E-state index contributed by atoms with van der Waals surface area (Å²) in [7, 11) is 0. The van der Waals surface area contributed by atoms with Crippen LogP contribution in [0.4, 0.5) is 10.5 Å². The van der Waals surface area contributed by atoms with E-state index in [2.05, 4.69) is 15.6 Å². The molecule has 1 aromatic carbocycles. The Bertz CT molecular complexity index is 637. The maximum atomic E-state index is 11.8. The molecule has 1 aromatic heterocycles. The van der Waals surface area contributed by atoms with Crippen molar-refractivity contribution in [3.8, 4) is 0 Å². The van der Waals surface area contributed by atoms with Crippen LogP contribution in [0.5, 0.6) is 0 Å². The molecule has 0 unspecified atom stereocenters. The van der Waals surface area contributed by atoms with E-state index in [-0.39, 0.29) is 11.8 Å². The molecule has 2 N–H and O–H groups in total. The van der Waals surface area contributed by atoms with Crippen LogP contribution in [0.2, 0.25) is 0 Å². The monoisotopic (exact) mass is 289 g/mol. The Morgan fingerprint density at radius 1 is 1.35 bits per heavy atom. The lowest BCUT2D eigenvalue weighted by molar-refractivity contribution is 0.101. The number of aromatic nitrogens is 1. The van der Waals surface area contributed by atoms with Crippen molar-refractivity contribution in [1.29, 1.82) is 0 Å². The van der Waals surface area contributed by atoms with E-state index in [1.165, 1.54) is 6.92 Å². The molecule has 2 aromatic rings. The van der Waals surface area contributed by atoms with E-state index in [1.54, 1.807) is 41.8 Å². The van der Waals surface area contributed by atoms with Crippen LogP contribution in [-0.2, 0) is 6.54 Å². The summed E-state index contributed by atoms with van der Waals surface area (Å²) in [5.74, 6) is -0.0332. The second-order valence-electron chi connectivity index (χ2n) is 4.29. The molecule has 0 spiro atoms. The highest BCUT2D eigenvalue weighted by atomic mass is 32.1. The molecule has 5 nitrogen and oxygen atoms in total. The van der Waals surface area contributed by atoms with Gasteiger partial charge in [-0.05, 0) is 26.0 Å². The summed E-state index contributed by atoms with van der Waals surface area (Å²) in [6.07, 6.45) is 1.75. The highest BCUT2D eigenvalue weighted by molar-refractivity contribution is 7.11. The number of thiazole rings is 1. The molecule has 1 heterocycles. The highest BCUT2D eigenvalue weighted by Crippen LogP contribution is 2.12. The number of urea groups is 1. The zero-order chi connectivity index (χ0) is 14.5. The number of nitrogens with one attached hydrogen (secondary N) is 2. The fourth-order valence-corrected chi connectivity index (χ4v) is 2.38. The third kappa shape index (κ3) is 3.89. The molecule has 0 aliphatic rings. The number of amides is 2. The van der Waals surface area contributed by atoms with E-state index in [4.69, 9.17) is 0 Å². The van der Waals surface area contributed by atoms with Crippen LogP contribution in [0.1, 0.15) is 27.2 Å². The molecular weight excluding hydrogens is 274 g/mol. The summed E-state index contributed by atoms with van der Waals surface area (Å²) < 4.78 is 0. The summed E-state index contributed by atoms with van der Waals surface area (Å²) in [4.78, 5) is 28.1. The Morgan fingerprint density at radius 2 is 2.15 bits per heavy atom. The number of carbonyl (C=O) groups is 2. The van der Waals surface area contributed by atoms with Gasteiger partial charge in [0.05, 0.1) is 11.6 Å². The second-order valence-corrected chi connectivity index (χ2v) is 5.61. The summed E-state index contributed by atoms with van der Waals surface area (Å²) >= 11 is 1.54. The van der Waals surface area contributed by atoms with Gasteiger partial charge in [-0.25, -0.2) is 9.78 Å². The number of carbonyl (C=O) groups excluding carboxylic acids is 2. The summed E-state index contributed by atoms with van der Waals surface area (Å²) in [6.45, 7) is 3.84. The number of anilines is 1. The van der Waals surface area contributed by atoms with Gasteiger partial charge in [-0.15, -0.1) is 11.3 Å². The van der Waals surface area contributed by atoms with Crippen molar-refractivity contribution in [2.75, 3.05) is 5.32 Å². The van der Waals surface area contributed by atoms with E-state index < -0.39 is 0 Å². The van der Waals surface area contributed by atoms with E-state index in [0.717, 1.165) is 9.88 Å². The van der Waals surface area contributed by atoms with Crippen molar-refractivity contribution in [3.05, 3.63) is 45.9 Å². The quantitative estimate of drug-likeness (QED) is 0.850. The van der Waals surface area contributed by atoms with Gasteiger partial charge in [0.1, 0.15) is 0 Å². The molecule has 0 saturated heterocycles. The van der Waals surface area contributed by atoms with Crippen molar-refractivity contribution < 1.29 is 9.59 Å². The fourth-order valence-electron chi connectivity index (χ4n) is 1.65. The first-order valence-corrected chi connectivity index (χ1v) is 6.93. The SMILES string of the molecule is CC(=O)c1cccc(NC(=O)NCc2cnc(C)s2)c1. The van der Waals surface area contributed by atoms with Gasteiger partial charge < -0.3 is 10.6 Å². The minimum absolute atomic E-state index is 0.0332. The zero-order valence-electron chi connectivity index (χ0n) is 11.3. The van der Waals surface area contributed by atoms with E-state index in [1.807, 2.05) is 6.92 Å². The Hall–Kier alpha value is -2.21. The van der Waals surface area contributed by atoms with Crippen LogP contribution >= 0.6 is 11.3 Å². The highest BCUT2D eigenvalue weighted by Gasteiger charge is 2.05. The van der Waals surface area contributed by atoms with Crippen LogP contribution in [0.25, 0.3) is 0 Å². The molecule has 20 heavy (non-hydrogen) atoms. The second kappa shape index (κ2) is 6.29. The molecule has 2 amide bonds. The van der Waals surface area contributed by atoms with Crippen LogP contribution < -0.4 is 10.6 Å². The van der Waals surface area contributed by atoms with Crippen molar-refractivity contribution >= 4 is 28.8 Å². The molecule has 0 aliphatic carbocycles. The number of hydrogen-bond donors (Lipinski definition) is 2. The van der Waals surface area contributed by atoms with Crippen LogP contribution in [-0.4, -0.2) is 16.8 Å². The Morgan fingerprint density at radius 3 is 2.80 bits per heavy atom. The molecular formula is C14H15N3O2S. The van der Waals surface area contributed by atoms with Crippen LogP contribution in [0.3, 0.4) is 0 Å². The zero-order valence-corrected chi connectivity index (χ0v) is 12.1. The largest absolute Gasteiger partial charge is 0.333 e. The molecule has 6 heteroatoms. The maximum Gasteiger partial charge on any atom is 0.319 e. The predicted octanol–water partition coefficient (Wildman–Crippen LogP) is 2.98. The molecule has 104 valence electrons. The van der Waals surface area contributed by atoms with Crippen LogP contribution in [0.15, 0.2) is 30.5 Å². The number of ketones is 1. The van der Waals surface area contributed by atoms with E-state index in [0.29, 0.717) is 17.8 Å². The van der Waals surface area contributed by atoms with E-state index in [9.17, 15) is 9.59 Å². The molecule has 0 atom stereocenters. The molecule has 0 saturated carbocycles. The first-order chi connectivity index (χ1) is 9.54. The third-order valence-corrected chi connectivity index (χ3v) is 3.53. The fraction of sp³-hybridized carbons (Fsp3) is 0.214. The molecule has 0 aliphatic heterocycles. The number of aryl methyl sites for hydroxylation is 1. The van der Waals surface area contributed by atoms with Gasteiger partial charge in [0.15, 0.2) is 5.78 Å². The summed E-state index contributed by atoms with van der Waals surface area (Å²) in [6, 6.07) is 6.53. The van der Waals surface area contributed by atoms with Gasteiger partial charge in [-0.1, -0.05) is 12.1 Å².